The van der Waals surface area contributed by atoms with Gasteiger partial charge in [-0.05, 0) is 49.7 Å². The molecule has 0 atom stereocenters. The maximum absolute atomic E-state index is 13.1. The minimum atomic E-state index is -3.69. The van der Waals surface area contributed by atoms with Gasteiger partial charge in [0, 0.05) is 38.4 Å². The van der Waals surface area contributed by atoms with Gasteiger partial charge in [-0.2, -0.15) is 4.31 Å². The Labute approximate surface area is 189 Å². The summed E-state index contributed by atoms with van der Waals surface area (Å²) in [4.78, 5) is 14.9. The van der Waals surface area contributed by atoms with Crippen molar-refractivity contribution in [3.63, 3.8) is 0 Å². The SMILES string of the molecule is CCN(CC)c1ccc(S(=O)(=O)N2CCOCC2)cc1NC(=O)Nc1cccc(CN)c1. The molecule has 0 radical (unpaired) electrons. The zero-order chi connectivity index (χ0) is 23.1. The number of carbonyl (C=O) groups is 1. The van der Waals surface area contributed by atoms with Crippen molar-refractivity contribution in [3.8, 4) is 0 Å². The average Bonchev–Trinajstić information content (AvgIpc) is 2.81. The zero-order valence-corrected chi connectivity index (χ0v) is 19.3. The molecule has 1 aliphatic heterocycles. The van der Waals surface area contributed by atoms with Gasteiger partial charge in [0.25, 0.3) is 0 Å². The highest BCUT2D eigenvalue weighted by Gasteiger charge is 2.27. The second-order valence-electron chi connectivity index (χ2n) is 7.35. The number of morpholine rings is 1. The molecule has 0 aromatic heterocycles. The third-order valence-corrected chi connectivity index (χ3v) is 7.24. The van der Waals surface area contributed by atoms with Gasteiger partial charge in [0.1, 0.15) is 0 Å². The molecule has 1 aliphatic rings. The van der Waals surface area contributed by atoms with E-state index in [1.54, 1.807) is 24.3 Å². The number of hydrogen-bond acceptors (Lipinski definition) is 6. The van der Waals surface area contributed by atoms with E-state index in [0.29, 0.717) is 57.3 Å². The van der Waals surface area contributed by atoms with Crippen LogP contribution in [0.3, 0.4) is 0 Å². The summed E-state index contributed by atoms with van der Waals surface area (Å²) in [6, 6.07) is 11.6. The minimum Gasteiger partial charge on any atom is -0.379 e. The van der Waals surface area contributed by atoms with E-state index in [9.17, 15) is 13.2 Å². The van der Waals surface area contributed by atoms with Crippen LogP contribution in [0.2, 0.25) is 0 Å². The quantitative estimate of drug-likeness (QED) is 0.556. The first-order valence-electron chi connectivity index (χ1n) is 10.7. The van der Waals surface area contributed by atoms with Crippen LogP contribution in [0.15, 0.2) is 47.4 Å². The number of carbonyl (C=O) groups excluding carboxylic acids is 1. The molecule has 0 saturated carbocycles. The van der Waals surface area contributed by atoms with Gasteiger partial charge < -0.3 is 26.0 Å². The Hall–Kier alpha value is -2.66. The Morgan fingerprint density at radius 2 is 1.81 bits per heavy atom. The van der Waals surface area contributed by atoms with Gasteiger partial charge in [0.05, 0.1) is 29.5 Å². The number of benzene rings is 2. The van der Waals surface area contributed by atoms with Crippen molar-refractivity contribution in [2.75, 3.05) is 54.9 Å². The smallest absolute Gasteiger partial charge is 0.323 e. The summed E-state index contributed by atoms with van der Waals surface area (Å²) in [5.41, 5.74) is 8.35. The van der Waals surface area contributed by atoms with Crippen LogP contribution in [0.25, 0.3) is 0 Å². The summed E-state index contributed by atoms with van der Waals surface area (Å²) in [6.45, 7) is 7.14. The minimum absolute atomic E-state index is 0.135. The van der Waals surface area contributed by atoms with Gasteiger partial charge in [-0.25, -0.2) is 13.2 Å². The van der Waals surface area contributed by atoms with Crippen molar-refractivity contribution in [1.82, 2.24) is 4.31 Å². The van der Waals surface area contributed by atoms with Crippen molar-refractivity contribution >= 4 is 33.1 Å². The lowest BCUT2D eigenvalue weighted by molar-refractivity contribution is 0.0730. The number of anilines is 3. The monoisotopic (exact) mass is 461 g/mol. The van der Waals surface area contributed by atoms with Crippen molar-refractivity contribution in [2.45, 2.75) is 25.3 Å². The van der Waals surface area contributed by atoms with E-state index in [-0.39, 0.29) is 4.90 Å². The van der Waals surface area contributed by atoms with Crippen LogP contribution in [0.5, 0.6) is 0 Å². The molecule has 1 heterocycles. The van der Waals surface area contributed by atoms with Gasteiger partial charge in [-0.1, -0.05) is 12.1 Å². The van der Waals surface area contributed by atoms with Crippen molar-refractivity contribution < 1.29 is 17.9 Å². The first-order valence-corrected chi connectivity index (χ1v) is 12.2. The van der Waals surface area contributed by atoms with Crippen LogP contribution in [-0.4, -0.2) is 58.1 Å². The molecular formula is C22H31N5O4S. The highest BCUT2D eigenvalue weighted by molar-refractivity contribution is 7.89. The van der Waals surface area contributed by atoms with E-state index in [1.165, 1.54) is 10.4 Å². The Bertz CT molecular complexity index is 1030. The summed E-state index contributed by atoms with van der Waals surface area (Å²) >= 11 is 0. The highest BCUT2D eigenvalue weighted by Crippen LogP contribution is 2.30. The van der Waals surface area contributed by atoms with E-state index in [4.69, 9.17) is 10.5 Å². The molecule has 2 aromatic rings. The van der Waals surface area contributed by atoms with Crippen LogP contribution >= 0.6 is 0 Å². The molecule has 1 saturated heterocycles. The standard InChI is InChI=1S/C22H31N5O4S/c1-3-26(4-2)21-9-8-19(32(29,30)27-10-12-31-13-11-27)15-20(21)25-22(28)24-18-7-5-6-17(14-18)16-23/h5-9,14-15H,3-4,10-13,16,23H2,1-2H3,(H2,24,25,28). The first-order chi connectivity index (χ1) is 15.4. The van der Waals surface area contributed by atoms with Crippen LogP contribution in [0.1, 0.15) is 19.4 Å². The lowest BCUT2D eigenvalue weighted by Gasteiger charge is -2.28. The summed E-state index contributed by atoms with van der Waals surface area (Å²) in [7, 11) is -3.69. The van der Waals surface area contributed by atoms with Gasteiger partial charge in [-0.3, -0.25) is 0 Å². The molecule has 2 aromatic carbocycles. The molecular weight excluding hydrogens is 430 g/mol. The summed E-state index contributed by atoms with van der Waals surface area (Å²) in [5.74, 6) is 0. The summed E-state index contributed by atoms with van der Waals surface area (Å²) in [5, 5.41) is 5.62. The van der Waals surface area contributed by atoms with Crippen LogP contribution in [0.4, 0.5) is 21.9 Å². The molecule has 0 spiro atoms. The molecule has 4 N–H and O–H groups in total. The average molecular weight is 462 g/mol. The second-order valence-corrected chi connectivity index (χ2v) is 9.29. The lowest BCUT2D eigenvalue weighted by Crippen LogP contribution is -2.40. The number of urea groups is 1. The fourth-order valence-corrected chi connectivity index (χ4v) is 5.05. The molecule has 1 fully saturated rings. The largest absolute Gasteiger partial charge is 0.379 e. The second kappa shape index (κ2) is 10.8. The van der Waals surface area contributed by atoms with Gasteiger partial charge in [-0.15, -0.1) is 0 Å². The van der Waals surface area contributed by atoms with Gasteiger partial charge >= 0.3 is 6.03 Å². The predicted octanol–water partition coefficient (Wildman–Crippen LogP) is 2.66. The third-order valence-electron chi connectivity index (χ3n) is 5.35. The van der Waals surface area contributed by atoms with E-state index in [1.807, 2.05) is 26.0 Å². The number of sulfonamides is 1. The van der Waals surface area contributed by atoms with Gasteiger partial charge in [0.2, 0.25) is 10.0 Å². The number of nitrogens with one attached hydrogen (secondary N) is 2. The Kier molecular flexibility index (Phi) is 8.08. The summed E-state index contributed by atoms with van der Waals surface area (Å²) in [6.07, 6.45) is 0. The lowest BCUT2D eigenvalue weighted by atomic mass is 10.2. The molecule has 32 heavy (non-hydrogen) atoms. The Balaban J connectivity index is 1.90. The number of ether oxygens (including phenoxy) is 1. The Morgan fingerprint density at radius 1 is 1.09 bits per heavy atom. The van der Waals surface area contributed by atoms with Crippen LogP contribution in [-0.2, 0) is 21.3 Å². The van der Waals surface area contributed by atoms with E-state index in [0.717, 1.165) is 11.3 Å². The Morgan fingerprint density at radius 3 is 2.47 bits per heavy atom. The fourth-order valence-electron chi connectivity index (χ4n) is 3.61. The van der Waals surface area contributed by atoms with Crippen molar-refractivity contribution in [1.29, 1.82) is 0 Å². The fraction of sp³-hybridized carbons (Fsp3) is 0.409. The molecule has 0 aliphatic carbocycles. The maximum atomic E-state index is 13.1. The third kappa shape index (κ3) is 5.57. The number of nitrogens with two attached hydrogens (primary N) is 1. The molecule has 174 valence electrons. The normalized spacial score (nSPS) is 14.7. The molecule has 0 unspecified atom stereocenters. The molecule has 0 bridgehead atoms. The molecule has 9 nitrogen and oxygen atoms in total. The van der Waals surface area contributed by atoms with Crippen LogP contribution < -0.4 is 21.3 Å². The predicted molar refractivity (Wildman–Crippen MR) is 127 cm³/mol. The van der Waals surface area contributed by atoms with E-state index in [2.05, 4.69) is 15.5 Å². The summed E-state index contributed by atoms with van der Waals surface area (Å²) < 4.78 is 32.9. The van der Waals surface area contributed by atoms with Gasteiger partial charge in [0.15, 0.2) is 0 Å². The van der Waals surface area contributed by atoms with Crippen molar-refractivity contribution in [3.05, 3.63) is 48.0 Å². The topological polar surface area (TPSA) is 117 Å². The zero-order valence-electron chi connectivity index (χ0n) is 18.5. The molecule has 10 heteroatoms. The molecule has 3 rings (SSSR count). The van der Waals surface area contributed by atoms with Crippen LogP contribution in [0, 0.1) is 0 Å². The molecule has 2 amide bonds. The van der Waals surface area contributed by atoms with E-state index < -0.39 is 16.1 Å². The highest BCUT2D eigenvalue weighted by atomic mass is 32.2. The first kappa shape index (κ1) is 24.0. The number of nitrogens with zero attached hydrogens (tertiary/aromatic N) is 2. The van der Waals surface area contributed by atoms with Crippen molar-refractivity contribution in [2.24, 2.45) is 5.73 Å². The van der Waals surface area contributed by atoms with E-state index >= 15 is 0 Å². The maximum Gasteiger partial charge on any atom is 0.323 e. The number of rotatable bonds is 8. The number of amides is 2. The number of hydrogen-bond donors (Lipinski definition) is 3.